The molecule has 0 fully saturated rings. The van der Waals surface area contributed by atoms with E-state index in [1.807, 2.05) is 24.3 Å². The molecule has 0 aliphatic heterocycles. The van der Waals surface area contributed by atoms with Gasteiger partial charge in [-0.2, -0.15) is 0 Å². The van der Waals surface area contributed by atoms with Crippen LogP contribution in [0.3, 0.4) is 0 Å². The molecule has 0 saturated carbocycles. The number of nitrogens with zero attached hydrogens (tertiary/aromatic N) is 1. The van der Waals surface area contributed by atoms with Crippen molar-refractivity contribution in [2.75, 3.05) is 0 Å². The van der Waals surface area contributed by atoms with Crippen LogP contribution in [0.5, 0.6) is 11.5 Å². The highest BCUT2D eigenvalue weighted by molar-refractivity contribution is 5.84. The first-order valence-electron chi connectivity index (χ1n) is 6.04. The van der Waals surface area contributed by atoms with Crippen molar-refractivity contribution in [1.82, 2.24) is 4.98 Å². The van der Waals surface area contributed by atoms with Crippen LogP contribution in [0, 0.1) is 5.82 Å². The van der Waals surface area contributed by atoms with Crippen LogP contribution < -0.4 is 4.74 Å². The maximum absolute atomic E-state index is 13.8. The van der Waals surface area contributed by atoms with Gasteiger partial charge in [0.1, 0.15) is 11.8 Å². The summed E-state index contributed by atoms with van der Waals surface area (Å²) in [5.74, 6) is -0.0443. The van der Waals surface area contributed by atoms with Gasteiger partial charge in [0.25, 0.3) is 0 Å². The van der Waals surface area contributed by atoms with Crippen LogP contribution in [0.2, 0.25) is 0 Å². The average molecular weight is 267 g/mol. The largest absolute Gasteiger partial charge is 0.452 e. The van der Waals surface area contributed by atoms with Crippen LogP contribution in [0.25, 0.3) is 10.9 Å². The average Bonchev–Trinajstić information content (AvgIpc) is 2.49. The van der Waals surface area contributed by atoms with E-state index >= 15 is 0 Å². The van der Waals surface area contributed by atoms with E-state index in [1.54, 1.807) is 12.3 Å². The molecule has 0 aliphatic rings. The third-order valence-corrected chi connectivity index (χ3v) is 2.91. The number of hydrogen-bond donors (Lipinski definition) is 0. The van der Waals surface area contributed by atoms with Crippen molar-refractivity contribution in [2.45, 2.75) is 0 Å². The zero-order valence-corrected chi connectivity index (χ0v) is 10.4. The maximum atomic E-state index is 13.8. The summed E-state index contributed by atoms with van der Waals surface area (Å²) in [4.78, 5) is 14.8. The molecule has 1 heterocycles. The molecule has 2 aromatic carbocycles. The number of halogens is 1. The second-order valence-corrected chi connectivity index (χ2v) is 4.24. The molecule has 3 rings (SSSR count). The highest BCUT2D eigenvalue weighted by Crippen LogP contribution is 2.29. The first kappa shape index (κ1) is 12.3. The zero-order chi connectivity index (χ0) is 13.9. The van der Waals surface area contributed by atoms with Crippen molar-refractivity contribution in [3.05, 3.63) is 66.1 Å². The van der Waals surface area contributed by atoms with E-state index in [9.17, 15) is 9.18 Å². The normalized spacial score (nSPS) is 10.4. The van der Waals surface area contributed by atoms with E-state index in [0.717, 1.165) is 11.5 Å². The van der Waals surface area contributed by atoms with Gasteiger partial charge >= 0.3 is 0 Å². The summed E-state index contributed by atoms with van der Waals surface area (Å²) in [5.41, 5.74) is 0.930. The van der Waals surface area contributed by atoms with E-state index in [0.29, 0.717) is 17.6 Å². The maximum Gasteiger partial charge on any atom is 0.166 e. The Hall–Kier alpha value is -2.75. The SMILES string of the molecule is O=Cc1ccc(Oc2cccc3cccnc23)c(F)c1. The number of para-hydroxylation sites is 1. The molecular weight excluding hydrogens is 257 g/mol. The van der Waals surface area contributed by atoms with Gasteiger partial charge in [-0.3, -0.25) is 9.78 Å². The lowest BCUT2D eigenvalue weighted by atomic mass is 10.2. The Labute approximate surface area is 114 Å². The molecule has 0 atom stereocenters. The fraction of sp³-hybridized carbons (Fsp3) is 0. The minimum Gasteiger partial charge on any atom is -0.452 e. The summed E-state index contributed by atoms with van der Waals surface area (Å²) < 4.78 is 19.4. The molecule has 0 aliphatic carbocycles. The van der Waals surface area contributed by atoms with E-state index in [-0.39, 0.29) is 11.3 Å². The number of carbonyl (C=O) groups is 1. The van der Waals surface area contributed by atoms with Crippen molar-refractivity contribution in [3.63, 3.8) is 0 Å². The van der Waals surface area contributed by atoms with Gasteiger partial charge in [0.2, 0.25) is 0 Å². The van der Waals surface area contributed by atoms with E-state index in [2.05, 4.69) is 4.98 Å². The Kier molecular flexibility index (Phi) is 3.13. The lowest BCUT2D eigenvalue weighted by Crippen LogP contribution is -1.92. The molecule has 4 heteroatoms. The van der Waals surface area contributed by atoms with Gasteiger partial charge in [0.15, 0.2) is 17.3 Å². The van der Waals surface area contributed by atoms with Crippen molar-refractivity contribution in [3.8, 4) is 11.5 Å². The quantitative estimate of drug-likeness (QED) is 0.674. The van der Waals surface area contributed by atoms with Gasteiger partial charge in [-0.05, 0) is 30.3 Å². The van der Waals surface area contributed by atoms with Crippen LogP contribution in [-0.2, 0) is 0 Å². The minimum atomic E-state index is -0.581. The Balaban J connectivity index is 2.03. The van der Waals surface area contributed by atoms with Gasteiger partial charge in [-0.25, -0.2) is 4.39 Å². The van der Waals surface area contributed by atoms with Crippen molar-refractivity contribution >= 4 is 17.2 Å². The van der Waals surface area contributed by atoms with Crippen molar-refractivity contribution in [2.24, 2.45) is 0 Å². The molecular formula is C16H10FNO2. The third kappa shape index (κ3) is 2.23. The van der Waals surface area contributed by atoms with Gasteiger partial charge in [-0.15, -0.1) is 0 Å². The smallest absolute Gasteiger partial charge is 0.166 e. The Morgan fingerprint density at radius 2 is 1.90 bits per heavy atom. The Bertz CT molecular complexity index is 781. The van der Waals surface area contributed by atoms with Gasteiger partial charge in [0.05, 0.1) is 0 Å². The Morgan fingerprint density at radius 1 is 1.05 bits per heavy atom. The molecule has 0 N–H and O–H groups in total. The number of aromatic nitrogens is 1. The zero-order valence-electron chi connectivity index (χ0n) is 10.4. The molecule has 0 unspecified atom stereocenters. The fourth-order valence-electron chi connectivity index (χ4n) is 1.95. The monoisotopic (exact) mass is 267 g/mol. The van der Waals surface area contributed by atoms with Gasteiger partial charge < -0.3 is 4.74 Å². The lowest BCUT2D eigenvalue weighted by Gasteiger charge is -2.09. The molecule has 3 aromatic rings. The first-order valence-corrected chi connectivity index (χ1v) is 6.04. The number of carbonyl (C=O) groups excluding carboxylic acids is 1. The summed E-state index contributed by atoms with van der Waals surface area (Å²) in [6.45, 7) is 0. The topological polar surface area (TPSA) is 39.2 Å². The molecule has 20 heavy (non-hydrogen) atoms. The van der Waals surface area contributed by atoms with Crippen molar-refractivity contribution in [1.29, 1.82) is 0 Å². The van der Waals surface area contributed by atoms with E-state index in [1.165, 1.54) is 12.1 Å². The highest BCUT2D eigenvalue weighted by Gasteiger charge is 2.09. The second kappa shape index (κ2) is 5.09. The van der Waals surface area contributed by atoms with E-state index < -0.39 is 5.82 Å². The summed E-state index contributed by atoms with van der Waals surface area (Å²) in [6, 6.07) is 13.2. The molecule has 98 valence electrons. The lowest BCUT2D eigenvalue weighted by molar-refractivity contribution is 0.112. The van der Waals surface area contributed by atoms with Gasteiger partial charge in [0, 0.05) is 17.1 Å². The summed E-state index contributed by atoms with van der Waals surface area (Å²) in [7, 11) is 0. The summed E-state index contributed by atoms with van der Waals surface area (Å²) >= 11 is 0. The molecule has 1 aromatic heterocycles. The number of benzene rings is 2. The number of ether oxygens (including phenoxy) is 1. The summed E-state index contributed by atoms with van der Waals surface area (Å²) in [6.07, 6.45) is 2.24. The number of hydrogen-bond acceptors (Lipinski definition) is 3. The Morgan fingerprint density at radius 3 is 2.70 bits per heavy atom. The van der Waals surface area contributed by atoms with Crippen LogP contribution in [0.1, 0.15) is 10.4 Å². The van der Waals surface area contributed by atoms with Crippen molar-refractivity contribution < 1.29 is 13.9 Å². The van der Waals surface area contributed by atoms with Crippen LogP contribution in [-0.4, -0.2) is 11.3 Å². The minimum absolute atomic E-state index is 0.0637. The number of fused-ring (bicyclic) bond motifs is 1. The fourth-order valence-corrected chi connectivity index (χ4v) is 1.95. The van der Waals surface area contributed by atoms with Gasteiger partial charge in [-0.1, -0.05) is 18.2 Å². The molecule has 0 spiro atoms. The first-order chi connectivity index (χ1) is 9.78. The molecule has 0 saturated heterocycles. The molecule has 0 amide bonds. The third-order valence-electron chi connectivity index (χ3n) is 2.91. The van der Waals surface area contributed by atoms with E-state index in [4.69, 9.17) is 4.74 Å². The molecule has 0 bridgehead atoms. The molecule has 3 nitrogen and oxygen atoms in total. The number of pyridine rings is 1. The predicted octanol–water partition coefficient (Wildman–Crippen LogP) is 3.98. The number of rotatable bonds is 3. The highest BCUT2D eigenvalue weighted by atomic mass is 19.1. The standard InChI is InChI=1S/C16H10FNO2/c17-13-9-11(10-19)6-7-14(13)20-15-5-1-3-12-4-2-8-18-16(12)15/h1-10H. The second-order valence-electron chi connectivity index (χ2n) is 4.24. The van der Waals surface area contributed by atoms with Crippen LogP contribution in [0.4, 0.5) is 4.39 Å². The predicted molar refractivity (Wildman–Crippen MR) is 73.6 cm³/mol. The summed E-state index contributed by atoms with van der Waals surface area (Å²) in [5, 5.41) is 0.912. The van der Waals surface area contributed by atoms with Crippen LogP contribution >= 0.6 is 0 Å². The number of aldehydes is 1. The molecule has 0 radical (unpaired) electrons. The van der Waals surface area contributed by atoms with Crippen LogP contribution in [0.15, 0.2) is 54.7 Å².